The van der Waals surface area contributed by atoms with E-state index < -0.39 is 12.1 Å². The summed E-state index contributed by atoms with van der Waals surface area (Å²) in [4.78, 5) is 25.5. The van der Waals surface area contributed by atoms with Crippen LogP contribution in [0.2, 0.25) is 0 Å². The minimum atomic E-state index is -0.457. The summed E-state index contributed by atoms with van der Waals surface area (Å²) >= 11 is 1.52. The van der Waals surface area contributed by atoms with Crippen LogP contribution in [0.5, 0.6) is 0 Å². The fourth-order valence-corrected chi connectivity index (χ4v) is 3.80. The Morgan fingerprint density at radius 1 is 1.40 bits per heavy atom. The first-order chi connectivity index (χ1) is 9.65. The number of fused-ring (bicyclic) bond motifs is 1. The first-order valence-corrected chi connectivity index (χ1v) is 7.63. The lowest BCUT2D eigenvalue weighted by molar-refractivity contribution is -0.150. The number of aliphatic hydroxyl groups excluding tert-OH is 1. The molecule has 2 amide bonds. The third-order valence-electron chi connectivity index (χ3n) is 3.53. The molecule has 6 heteroatoms. The summed E-state index contributed by atoms with van der Waals surface area (Å²) in [6.07, 6.45) is -0.175. The number of hydrogen-bond donors (Lipinski definition) is 2. The number of carbonyl (C=O) groups excluding carboxylic acids is 2. The highest BCUT2D eigenvalue weighted by Gasteiger charge is 2.51. The molecule has 20 heavy (non-hydrogen) atoms. The van der Waals surface area contributed by atoms with Crippen molar-refractivity contribution in [3.8, 4) is 0 Å². The summed E-state index contributed by atoms with van der Waals surface area (Å²) in [5, 5.41) is 12.3. The number of carbonyl (C=O) groups is 2. The summed E-state index contributed by atoms with van der Waals surface area (Å²) in [5.74, 6) is 0.378. The first kappa shape index (κ1) is 13.5. The number of benzene rings is 1. The quantitative estimate of drug-likeness (QED) is 0.769. The third kappa shape index (κ3) is 2.53. The molecule has 2 aliphatic rings. The zero-order valence-corrected chi connectivity index (χ0v) is 11.7. The van der Waals surface area contributed by atoms with E-state index in [1.165, 1.54) is 11.8 Å². The van der Waals surface area contributed by atoms with Gasteiger partial charge < -0.3 is 15.3 Å². The summed E-state index contributed by atoms with van der Waals surface area (Å²) in [6, 6.07) is 9.01. The van der Waals surface area contributed by atoms with Crippen molar-refractivity contribution < 1.29 is 14.7 Å². The van der Waals surface area contributed by atoms with E-state index in [9.17, 15) is 14.7 Å². The highest BCUT2D eigenvalue weighted by Crippen LogP contribution is 2.34. The number of thioether (sulfide) groups is 1. The number of β-lactam (4-membered cyclic amide) rings is 1. The molecule has 5 nitrogen and oxygen atoms in total. The van der Waals surface area contributed by atoms with E-state index in [2.05, 4.69) is 5.32 Å². The van der Waals surface area contributed by atoms with Gasteiger partial charge in [0.1, 0.15) is 11.4 Å². The molecular weight excluding hydrogens is 276 g/mol. The number of nitrogens with zero attached hydrogens (tertiary/aromatic N) is 1. The number of nitrogens with one attached hydrogen (secondary N) is 1. The fourth-order valence-electron chi connectivity index (χ4n) is 2.53. The van der Waals surface area contributed by atoms with Crippen LogP contribution in [0, 0.1) is 0 Å². The first-order valence-electron chi connectivity index (χ1n) is 6.58. The van der Waals surface area contributed by atoms with Gasteiger partial charge in [-0.05, 0) is 5.56 Å². The van der Waals surface area contributed by atoms with Crippen molar-refractivity contribution in [1.82, 2.24) is 10.2 Å². The summed E-state index contributed by atoms with van der Waals surface area (Å²) in [6.45, 7) is 0.377. The second kappa shape index (κ2) is 5.46. The van der Waals surface area contributed by atoms with Crippen molar-refractivity contribution >= 4 is 23.6 Å². The van der Waals surface area contributed by atoms with Crippen molar-refractivity contribution in [3.05, 3.63) is 35.9 Å². The van der Waals surface area contributed by atoms with Crippen LogP contribution in [-0.2, 0) is 16.0 Å². The van der Waals surface area contributed by atoms with E-state index in [1.54, 1.807) is 4.90 Å². The maximum atomic E-state index is 12.0. The lowest BCUT2D eigenvalue weighted by Crippen LogP contribution is -2.72. The van der Waals surface area contributed by atoms with Crippen LogP contribution < -0.4 is 5.32 Å². The normalized spacial score (nSPS) is 28.6. The van der Waals surface area contributed by atoms with Crippen LogP contribution >= 0.6 is 11.8 Å². The molecule has 2 saturated heterocycles. The molecule has 3 rings (SSSR count). The van der Waals surface area contributed by atoms with E-state index in [0.717, 1.165) is 5.56 Å². The largest absolute Gasteiger partial charge is 0.390 e. The molecule has 0 saturated carbocycles. The standard InChI is InChI=1S/C14H16N2O3S/c17-10-7-16-13(19)12(14(16)20-8-10)15-11(18)6-9-4-2-1-3-5-9/h1-5,10,12,14,17H,6-8H2,(H,15,18)/t10-,12-,14-/m1/s1. The van der Waals surface area contributed by atoms with Crippen molar-refractivity contribution in [1.29, 1.82) is 0 Å². The second-order valence-electron chi connectivity index (χ2n) is 5.08. The van der Waals surface area contributed by atoms with Crippen molar-refractivity contribution in [2.45, 2.75) is 23.9 Å². The smallest absolute Gasteiger partial charge is 0.249 e. The van der Waals surface area contributed by atoms with E-state index >= 15 is 0 Å². The Morgan fingerprint density at radius 2 is 2.15 bits per heavy atom. The average Bonchev–Trinajstić information content (AvgIpc) is 2.46. The number of aliphatic hydroxyl groups is 1. The molecule has 2 aliphatic heterocycles. The molecular formula is C14H16N2O3S. The van der Waals surface area contributed by atoms with Crippen molar-refractivity contribution in [3.63, 3.8) is 0 Å². The third-order valence-corrected chi connectivity index (χ3v) is 4.98. The molecule has 1 aromatic carbocycles. The van der Waals surface area contributed by atoms with Gasteiger partial charge in [0.25, 0.3) is 0 Å². The van der Waals surface area contributed by atoms with E-state index in [-0.39, 0.29) is 23.6 Å². The molecule has 2 N–H and O–H groups in total. The maximum Gasteiger partial charge on any atom is 0.249 e. The Morgan fingerprint density at radius 3 is 2.90 bits per heavy atom. The zero-order chi connectivity index (χ0) is 14.1. The average molecular weight is 292 g/mol. The molecule has 2 fully saturated rings. The maximum absolute atomic E-state index is 12.0. The van der Waals surface area contributed by atoms with Crippen LogP contribution in [0.4, 0.5) is 0 Å². The van der Waals surface area contributed by atoms with E-state index in [1.807, 2.05) is 30.3 Å². The summed E-state index contributed by atoms with van der Waals surface area (Å²) < 4.78 is 0. The molecule has 2 heterocycles. The van der Waals surface area contributed by atoms with Gasteiger partial charge in [0.05, 0.1) is 12.5 Å². The lowest BCUT2D eigenvalue weighted by Gasteiger charge is -2.50. The van der Waals surface area contributed by atoms with Crippen molar-refractivity contribution in [2.24, 2.45) is 0 Å². The molecule has 0 radical (unpaired) electrons. The Labute approximate surface area is 121 Å². The zero-order valence-electron chi connectivity index (χ0n) is 10.9. The van der Waals surface area contributed by atoms with Gasteiger partial charge in [0.15, 0.2) is 0 Å². The van der Waals surface area contributed by atoms with Gasteiger partial charge in [-0.25, -0.2) is 0 Å². The van der Waals surface area contributed by atoms with Gasteiger partial charge in [-0.3, -0.25) is 9.59 Å². The SMILES string of the molecule is O=C(Cc1ccccc1)N[C@@H]1C(=O)N2C[C@@H](O)CS[C@H]12. The molecule has 0 aromatic heterocycles. The predicted octanol–water partition coefficient (Wildman–Crippen LogP) is -0.0101. The second-order valence-corrected chi connectivity index (χ2v) is 6.23. The van der Waals surface area contributed by atoms with Crippen molar-refractivity contribution in [2.75, 3.05) is 12.3 Å². The van der Waals surface area contributed by atoms with Gasteiger partial charge in [-0.1, -0.05) is 30.3 Å². The summed E-state index contributed by atoms with van der Waals surface area (Å²) in [7, 11) is 0. The topological polar surface area (TPSA) is 69.6 Å². The molecule has 1 aromatic rings. The fraction of sp³-hybridized carbons (Fsp3) is 0.429. The monoisotopic (exact) mass is 292 g/mol. The molecule has 106 valence electrons. The number of hydrogen-bond acceptors (Lipinski definition) is 4. The van der Waals surface area contributed by atoms with E-state index in [4.69, 9.17) is 0 Å². The highest BCUT2D eigenvalue weighted by atomic mass is 32.2. The molecule has 3 atom stereocenters. The van der Waals surface area contributed by atoms with Gasteiger partial charge in [-0.15, -0.1) is 11.8 Å². The Balaban J connectivity index is 1.56. The lowest BCUT2D eigenvalue weighted by atomic mass is 10.0. The van der Waals surface area contributed by atoms with Gasteiger partial charge in [0.2, 0.25) is 11.8 Å². The molecule has 0 aliphatic carbocycles. The van der Waals surface area contributed by atoms with Crippen LogP contribution in [0.15, 0.2) is 30.3 Å². The Bertz CT molecular complexity index is 522. The predicted molar refractivity (Wildman–Crippen MR) is 76.0 cm³/mol. The van der Waals surface area contributed by atoms with Crippen LogP contribution in [-0.4, -0.2) is 51.6 Å². The number of rotatable bonds is 3. The van der Waals surface area contributed by atoms with E-state index in [0.29, 0.717) is 12.3 Å². The molecule has 0 spiro atoms. The Hall–Kier alpha value is -1.53. The van der Waals surface area contributed by atoms with Gasteiger partial charge in [0, 0.05) is 12.3 Å². The van der Waals surface area contributed by atoms with Crippen LogP contribution in [0.3, 0.4) is 0 Å². The minimum absolute atomic E-state index is 0.0226. The van der Waals surface area contributed by atoms with Crippen LogP contribution in [0.1, 0.15) is 5.56 Å². The molecule has 0 bridgehead atoms. The highest BCUT2D eigenvalue weighted by molar-refractivity contribution is 8.00. The van der Waals surface area contributed by atoms with Crippen LogP contribution in [0.25, 0.3) is 0 Å². The Kier molecular flexibility index (Phi) is 3.67. The van der Waals surface area contributed by atoms with Gasteiger partial charge in [-0.2, -0.15) is 0 Å². The minimum Gasteiger partial charge on any atom is -0.390 e. The van der Waals surface area contributed by atoms with Gasteiger partial charge >= 0.3 is 0 Å². The number of amides is 2. The molecule has 0 unspecified atom stereocenters. The summed E-state index contributed by atoms with van der Waals surface area (Å²) in [5.41, 5.74) is 0.931.